The molecule has 3 rings (SSSR count). The van der Waals surface area contributed by atoms with E-state index in [1.807, 2.05) is 0 Å². The Kier molecular flexibility index (Phi) is 4.68. The third-order valence-corrected chi connectivity index (χ3v) is 5.19. The van der Waals surface area contributed by atoms with E-state index in [-0.39, 0.29) is 13.1 Å². The van der Waals surface area contributed by atoms with Gasteiger partial charge >= 0.3 is 12.3 Å². The summed E-state index contributed by atoms with van der Waals surface area (Å²) in [5.41, 5.74) is 0.214. The van der Waals surface area contributed by atoms with Crippen molar-refractivity contribution in [3.63, 3.8) is 0 Å². The molecule has 1 aliphatic rings. The number of ether oxygens (including phenoxy) is 1. The van der Waals surface area contributed by atoms with Gasteiger partial charge in [0.15, 0.2) is 0 Å². The van der Waals surface area contributed by atoms with Crippen molar-refractivity contribution in [1.82, 2.24) is 23.9 Å². The molecule has 1 aliphatic heterocycles. The average molecular weight is 421 g/mol. The second-order valence-electron chi connectivity index (χ2n) is 7.30. The molecule has 0 radical (unpaired) electrons. The highest BCUT2D eigenvalue weighted by Gasteiger charge is 2.33. The van der Waals surface area contributed by atoms with Gasteiger partial charge in [-0.05, 0) is 20.8 Å². The minimum atomic E-state index is -4.52. The molecule has 0 saturated heterocycles. The topological polar surface area (TPSA) is 99.3 Å². The Labute approximate surface area is 158 Å². The molecule has 0 spiro atoms. The van der Waals surface area contributed by atoms with E-state index in [4.69, 9.17) is 4.74 Å². The molecule has 154 valence electrons. The van der Waals surface area contributed by atoms with E-state index in [0.29, 0.717) is 20.0 Å². The van der Waals surface area contributed by atoms with Crippen LogP contribution in [-0.4, -0.2) is 50.2 Å². The lowest BCUT2D eigenvalue weighted by Crippen LogP contribution is -2.33. The molecular weight excluding hydrogens is 403 g/mol. The van der Waals surface area contributed by atoms with Gasteiger partial charge in [-0.1, -0.05) is 0 Å². The molecule has 0 aliphatic carbocycles. The molecule has 0 unspecified atom stereocenters. The zero-order valence-electron chi connectivity index (χ0n) is 15.3. The van der Waals surface area contributed by atoms with E-state index in [9.17, 15) is 26.4 Å². The monoisotopic (exact) mass is 421 g/mol. The molecule has 0 aromatic carbocycles. The number of hydrogen-bond donors (Lipinski definition) is 0. The molecule has 0 bridgehead atoms. The third kappa shape index (κ3) is 4.29. The number of aromatic nitrogens is 4. The first-order valence-electron chi connectivity index (χ1n) is 8.15. The highest BCUT2D eigenvalue weighted by molar-refractivity contribution is 7.89. The predicted octanol–water partition coefficient (Wildman–Crippen LogP) is 2.13. The Bertz CT molecular complexity index is 980. The Morgan fingerprint density at radius 2 is 1.89 bits per heavy atom. The van der Waals surface area contributed by atoms with Crippen molar-refractivity contribution in [1.29, 1.82) is 0 Å². The van der Waals surface area contributed by atoms with Crippen molar-refractivity contribution in [2.75, 3.05) is 0 Å². The molecule has 13 heteroatoms. The van der Waals surface area contributed by atoms with Gasteiger partial charge in [-0.3, -0.25) is 9.58 Å². The minimum Gasteiger partial charge on any atom is -0.444 e. The lowest BCUT2D eigenvalue weighted by molar-refractivity contribution is -0.142. The van der Waals surface area contributed by atoms with Gasteiger partial charge in [0.2, 0.25) is 0 Å². The molecular formula is C15H18F3N5O4S. The maximum atomic E-state index is 12.6. The van der Waals surface area contributed by atoms with Crippen LogP contribution < -0.4 is 0 Å². The van der Waals surface area contributed by atoms with Crippen molar-refractivity contribution in [2.45, 2.75) is 57.1 Å². The average Bonchev–Trinajstić information content (AvgIpc) is 3.16. The zero-order chi connectivity index (χ0) is 20.9. The standard InChI is InChI=1S/C15H18F3N5O4S/c1-14(2,3)27-13(24)21-5-10-6-23(20-12(10)8-21)28(25,26)11-4-19-22(7-11)9-15(16,17)18/h4,6-7H,5,8-9H2,1-3H3. The number of fused-ring (bicyclic) bond motifs is 1. The SMILES string of the molecule is CC(C)(C)OC(=O)N1Cc2cn(S(=O)(=O)c3cnn(CC(F)(F)F)c3)nc2C1. The number of amides is 1. The van der Waals surface area contributed by atoms with Crippen LogP contribution in [-0.2, 0) is 34.4 Å². The van der Waals surface area contributed by atoms with Crippen LogP contribution >= 0.6 is 0 Å². The molecule has 28 heavy (non-hydrogen) atoms. The van der Waals surface area contributed by atoms with E-state index >= 15 is 0 Å². The summed E-state index contributed by atoms with van der Waals surface area (Å²) in [6.45, 7) is 3.97. The first-order chi connectivity index (χ1) is 12.7. The summed E-state index contributed by atoms with van der Waals surface area (Å²) >= 11 is 0. The summed E-state index contributed by atoms with van der Waals surface area (Å²) in [5, 5.41) is 7.40. The summed E-state index contributed by atoms with van der Waals surface area (Å²) < 4.78 is 68.8. The molecule has 9 nitrogen and oxygen atoms in total. The van der Waals surface area contributed by atoms with E-state index < -0.39 is 39.3 Å². The van der Waals surface area contributed by atoms with E-state index in [1.165, 1.54) is 11.1 Å². The van der Waals surface area contributed by atoms with Crippen molar-refractivity contribution < 1.29 is 31.1 Å². The van der Waals surface area contributed by atoms with Gasteiger partial charge in [0.25, 0.3) is 10.0 Å². The second kappa shape index (κ2) is 6.50. The van der Waals surface area contributed by atoms with Crippen molar-refractivity contribution in [3.8, 4) is 0 Å². The van der Waals surface area contributed by atoms with Crippen molar-refractivity contribution in [3.05, 3.63) is 29.8 Å². The van der Waals surface area contributed by atoms with Crippen LogP contribution in [0, 0.1) is 0 Å². The summed E-state index contributed by atoms with van der Waals surface area (Å²) in [4.78, 5) is 13.1. The number of carbonyl (C=O) groups excluding carboxylic acids is 1. The number of hydrogen-bond acceptors (Lipinski definition) is 6. The highest BCUT2D eigenvalue weighted by Crippen LogP contribution is 2.25. The number of rotatable bonds is 3. The van der Waals surface area contributed by atoms with Crippen LogP contribution in [0.25, 0.3) is 0 Å². The quantitative estimate of drug-likeness (QED) is 0.753. The largest absolute Gasteiger partial charge is 0.444 e. The van der Waals surface area contributed by atoms with E-state index in [0.717, 1.165) is 12.4 Å². The zero-order valence-corrected chi connectivity index (χ0v) is 16.1. The van der Waals surface area contributed by atoms with Gasteiger partial charge in [-0.25, -0.2) is 4.79 Å². The lowest BCUT2D eigenvalue weighted by atomic mass is 10.2. The summed E-state index contributed by atoms with van der Waals surface area (Å²) in [6.07, 6.45) is -2.21. The smallest absolute Gasteiger partial charge is 0.410 e. The van der Waals surface area contributed by atoms with Gasteiger partial charge in [0.05, 0.1) is 25.0 Å². The molecule has 0 atom stereocenters. The Morgan fingerprint density at radius 3 is 2.46 bits per heavy atom. The summed E-state index contributed by atoms with van der Waals surface area (Å²) in [7, 11) is -4.20. The Hall–Kier alpha value is -2.57. The van der Waals surface area contributed by atoms with E-state index in [1.54, 1.807) is 20.8 Å². The van der Waals surface area contributed by atoms with E-state index in [2.05, 4.69) is 10.2 Å². The fourth-order valence-corrected chi connectivity index (χ4v) is 3.69. The number of alkyl halides is 3. The van der Waals surface area contributed by atoms with Crippen LogP contribution in [0.3, 0.4) is 0 Å². The van der Waals surface area contributed by atoms with Gasteiger partial charge in [0, 0.05) is 18.0 Å². The van der Waals surface area contributed by atoms with Gasteiger partial charge < -0.3 is 4.74 Å². The number of nitrogens with zero attached hydrogens (tertiary/aromatic N) is 5. The summed E-state index contributed by atoms with van der Waals surface area (Å²) in [6, 6.07) is 0. The fraction of sp³-hybridized carbons (Fsp3) is 0.533. The minimum absolute atomic E-state index is 0.0695. The van der Waals surface area contributed by atoms with Crippen LogP contribution in [0.1, 0.15) is 32.0 Å². The van der Waals surface area contributed by atoms with Crippen LogP contribution in [0.4, 0.5) is 18.0 Å². The van der Waals surface area contributed by atoms with Gasteiger partial charge in [-0.2, -0.15) is 35.9 Å². The first-order valence-corrected chi connectivity index (χ1v) is 9.59. The number of carbonyl (C=O) groups is 1. The summed E-state index contributed by atoms with van der Waals surface area (Å²) in [5.74, 6) is 0. The maximum absolute atomic E-state index is 12.6. The second-order valence-corrected chi connectivity index (χ2v) is 9.10. The van der Waals surface area contributed by atoms with Gasteiger partial charge in [-0.15, -0.1) is 0 Å². The molecule has 2 aromatic heterocycles. The van der Waals surface area contributed by atoms with Crippen LogP contribution in [0.5, 0.6) is 0 Å². The van der Waals surface area contributed by atoms with Crippen LogP contribution in [0.15, 0.2) is 23.5 Å². The molecule has 2 aromatic rings. The van der Waals surface area contributed by atoms with Crippen molar-refractivity contribution in [2.24, 2.45) is 0 Å². The van der Waals surface area contributed by atoms with Crippen LogP contribution in [0.2, 0.25) is 0 Å². The molecule has 0 N–H and O–H groups in total. The third-order valence-electron chi connectivity index (χ3n) is 3.70. The Morgan fingerprint density at radius 1 is 1.21 bits per heavy atom. The maximum Gasteiger partial charge on any atom is 0.410 e. The molecule has 3 heterocycles. The highest BCUT2D eigenvalue weighted by atomic mass is 32.2. The lowest BCUT2D eigenvalue weighted by Gasteiger charge is -2.24. The predicted molar refractivity (Wildman–Crippen MR) is 88.6 cm³/mol. The molecule has 1 amide bonds. The van der Waals surface area contributed by atoms with Gasteiger partial charge in [0.1, 0.15) is 17.0 Å². The molecule has 0 fully saturated rings. The normalized spacial score (nSPS) is 15.0. The Balaban J connectivity index is 1.76. The fourth-order valence-electron chi connectivity index (χ4n) is 2.56. The van der Waals surface area contributed by atoms with Crippen molar-refractivity contribution >= 4 is 16.1 Å². The number of halogens is 3. The first kappa shape index (κ1) is 20.2. The molecule has 0 saturated carbocycles.